The molecular formula is C21H21F2N9. The number of benzene rings is 1. The molecule has 1 aliphatic rings. The van der Waals surface area contributed by atoms with Crippen molar-refractivity contribution in [3.63, 3.8) is 0 Å². The lowest BCUT2D eigenvalue weighted by molar-refractivity contribution is 0.493. The van der Waals surface area contributed by atoms with E-state index in [9.17, 15) is 8.78 Å². The summed E-state index contributed by atoms with van der Waals surface area (Å²) >= 11 is 0. The number of hydrogen-bond acceptors (Lipinski definition) is 7. The van der Waals surface area contributed by atoms with Crippen molar-refractivity contribution in [3.05, 3.63) is 65.7 Å². The Labute approximate surface area is 182 Å². The van der Waals surface area contributed by atoms with Crippen LogP contribution >= 0.6 is 0 Å². The van der Waals surface area contributed by atoms with E-state index in [-0.39, 0.29) is 6.54 Å². The van der Waals surface area contributed by atoms with Crippen molar-refractivity contribution in [1.82, 2.24) is 35.3 Å². The minimum Gasteiger partial charge on any atom is -0.357 e. The molecule has 0 atom stereocenters. The van der Waals surface area contributed by atoms with Crippen LogP contribution in [0.5, 0.6) is 0 Å². The first-order valence-electron chi connectivity index (χ1n) is 10.3. The maximum Gasteiger partial charge on any atom is 0.223 e. The lowest BCUT2D eigenvalue weighted by Gasteiger charge is -2.31. The van der Waals surface area contributed by atoms with Crippen molar-refractivity contribution < 1.29 is 8.78 Å². The van der Waals surface area contributed by atoms with Gasteiger partial charge in [0.1, 0.15) is 11.5 Å². The predicted octanol–water partition coefficient (Wildman–Crippen LogP) is 3.26. The van der Waals surface area contributed by atoms with Crippen molar-refractivity contribution in [3.8, 4) is 11.5 Å². The van der Waals surface area contributed by atoms with Gasteiger partial charge in [0.25, 0.3) is 0 Å². The van der Waals surface area contributed by atoms with Crippen LogP contribution in [0.2, 0.25) is 0 Å². The molecule has 3 aromatic heterocycles. The third-order valence-electron chi connectivity index (χ3n) is 5.58. The molecule has 1 aromatic carbocycles. The van der Waals surface area contributed by atoms with Crippen molar-refractivity contribution >= 4 is 11.8 Å². The Morgan fingerprint density at radius 2 is 1.94 bits per heavy atom. The number of rotatable bonds is 6. The number of anilines is 2. The van der Waals surface area contributed by atoms with Crippen molar-refractivity contribution in [2.45, 2.75) is 25.3 Å². The summed E-state index contributed by atoms with van der Waals surface area (Å²) in [5, 5.41) is 13.8. The number of piperidine rings is 1. The highest BCUT2D eigenvalue weighted by Gasteiger charge is 2.23. The van der Waals surface area contributed by atoms with Gasteiger partial charge in [-0.2, -0.15) is 15.4 Å². The molecule has 0 bridgehead atoms. The number of nitrogens with zero attached hydrogens (tertiary/aromatic N) is 6. The molecule has 1 aliphatic heterocycles. The summed E-state index contributed by atoms with van der Waals surface area (Å²) in [4.78, 5) is 18.7. The van der Waals surface area contributed by atoms with E-state index >= 15 is 0 Å². The summed E-state index contributed by atoms with van der Waals surface area (Å²) in [6.45, 7) is 2.05. The van der Waals surface area contributed by atoms with Crippen LogP contribution in [0.25, 0.3) is 11.5 Å². The second kappa shape index (κ2) is 8.69. The van der Waals surface area contributed by atoms with E-state index in [1.165, 1.54) is 6.07 Å². The topological polar surface area (TPSA) is 111 Å². The van der Waals surface area contributed by atoms with Crippen LogP contribution in [-0.2, 0) is 6.54 Å². The zero-order valence-electron chi connectivity index (χ0n) is 17.1. The summed E-state index contributed by atoms with van der Waals surface area (Å²) in [5.41, 5.74) is 2.24. The minimum atomic E-state index is -0.882. The monoisotopic (exact) mass is 437 g/mol. The minimum absolute atomic E-state index is 0.268. The Morgan fingerprint density at radius 1 is 1.06 bits per heavy atom. The van der Waals surface area contributed by atoms with E-state index in [1.807, 2.05) is 6.20 Å². The van der Waals surface area contributed by atoms with Gasteiger partial charge in [-0.25, -0.2) is 23.7 Å². The molecule has 0 unspecified atom stereocenters. The number of hydrogen-bond donors (Lipinski definition) is 3. The molecule has 4 heterocycles. The smallest absolute Gasteiger partial charge is 0.223 e. The highest BCUT2D eigenvalue weighted by molar-refractivity contribution is 5.55. The Bertz CT molecular complexity index is 1180. The van der Waals surface area contributed by atoms with Crippen LogP contribution < -0.4 is 10.2 Å². The first-order chi connectivity index (χ1) is 15.7. The van der Waals surface area contributed by atoms with E-state index in [0.29, 0.717) is 28.9 Å². The highest BCUT2D eigenvalue weighted by atomic mass is 19.2. The molecule has 3 N–H and O–H groups in total. The van der Waals surface area contributed by atoms with Gasteiger partial charge in [0.05, 0.1) is 18.1 Å². The molecule has 0 radical (unpaired) electrons. The molecule has 5 rings (SSSR count). The molecule has 1 saturated heterocycles. The molecule has 9 nitrogen and oxygen atoms in total. The van der Waals surface area contributed by atoms with Crippen LogP contribution in [0, 0.1) is 11.6 Å². The fourth-order valence-electron chi connectivity index (χ4n) is 3.83. The van der Waals surface area contributed by atoms with Crippen LogP contribution in [0.1, 0.15) is 30.0 Å². The SMILES string of the molecule is Fc1ccc(CNc2nccc(-c3ncc(N4CCC(c5cn[nH]n5)CC4)[nH]3)n2)cc1F. The van der Waals surface area contributed by atoms with Gasteiger partial charge in [-0.05, 0) is 36.6 Å². The first-order valence-corrected chi connectivity index (χ1v) is 10.3. The lowest BCUT2D eigenvalue weighted by Crippen LogP contribution is -2.33. The molecule has 0 spiro atoms. The molecule has 0 amide bonds. The maximum absolute atomic E-state index is 13.4. The van der Waals surface area contributed by atoms with Gasteiger partial charge in [0, 0.05) is 31.7 Å². The third kappa shape index (κ3) is 4.27. The molecule has 164 valence electrons. The average molecular weight is 437 g/mol. The van der Waals surface area contributed by atoms with E-state index in [0.717, 1.165) is 49.6 Å². The molecule has 1 fully saturated rings. The Hall–Kier alpha value is -3.89. The molecule has 4 aromatic rings. The summed E-state index contributed by atoms with van der Waals surface area (Å²) in [7, 11) is 0. The van der Waals surface area contributed by atoms with Gasteiger partial charge < -0.3 is 15.2 Å². The number of nitrogens with one attached hydrogen (secondary N) is 3. The highest BCUT2D eigenvalue weighted by Crippen LogP contribution is 2.29. The van der Waals surface area contributed by atoms with Crippen molar-refractivity contribution in [1.29, 1.82) is 0 Å². The third-order valence-corrected chi connectivity index (χ3v) is 5.58. The van der Waals surface area contributed by atoms with E-state index in [4.69, 9.17) is 0 Å². The fourth-order valence-corrected chi connectivity index (χ4v) is 3.83. The largest absolute Gasteiger partial charge is 0.357 e. The van der Waals surface area contributed by atoms with Crippen LogP contribution in [-0.4, -0.2) is 48.4 Å². The summed E-state index contributed by atoms with van der Waals surface area (Å²) in [5.74, 6) is 0.608. The number of aromatic amines is 2. The quantitative estimate of drug-likeness (QED) is 0.425. The second-order valence-corrected chi connectivity index (χ2v) is 7.64. The van der Waals surface area contributed by atoms with E-state index < -0.39 is 11.6 Å². The Kier molecular flexibility index (Phi) is 5.44. The van der Waals surface area contributed by atoms with Crippen molar-refractivity contribution in [2.75, 3.05) is 23.3 Å². The standard InChI is InChI=1S/C21H21F2N9/c22-15-2-1-13(9-16(15)23)10-26-21-24-6-3-17(28-21)20-25-12-19(29-20)32-7-4-14(5-8-32)18-11-27-31-30-18/h1-3,6,9,11-12,14H,4-5,7-8,10H2,(H,25,29)(H,24,26,28)(H,27,30,31). The van der Waals surface area contributed by atoms with Crippen LogP contribution in [0.4, 0.5) is 20.5 Å². The number of imidazole rings is 1. The summed E-state index contributed by atoms with van der Waals surface area (Å²) in [6.07, 6.45) is 7.21. The zero-order chi connectivity index (χ0) is 21.9. The van der Waals surface area contributed by atoms with Gasteiger partial charge in [-0.15, -0.1) is 0 Å². The van der Waals surface area contributed by atoms with Gasteiger partial charge in [-0.3, -0.25) is 0 Å². The maximum atomic E-state index is 13.4. The molecule has 11 heteroatoms. The lowest BCUT2D eigenvalue weighted by atomic mass is 9.94. The average Bonchev–Trinajstić information content (AvgIpc) is 3.53. The van der Waals surface area contributed by atoms with Gasteiger partial charge in [0.15, 0.2) is 17.5 Å². The predicted molar refractivity (Wildman–Crippen MR) is 114 cm³/mol. The van der Waals surface area contributed by atoms with E-state index in [2.05, 4.69) is 45.6 Å². The van der Waals surface area contributed by atoms with Crippen LogP contribution in [0.15, 0.2) is 42.9 Å². The number of H-pyrrole nitrogens is 2. The Balaban J connectivity index is 1.23. The number of halogens is 2. The zero-order valence-corrected chi connectivity index (χ0v) is 17.1. The summed E-state index contributed by atoms with van der Waals surface area (Å²) < 4.78 is 26.5. The normalized spacial score (nSPS) is 14.6. The Morgan fingerprint density at radius 3 is 2.72 bits per heavy atom. The second-order valence-electron chi connectivity index (χ2n) is 7.64. The fraction of sp³-hybridized carbons (Fsp3) is 0.286. The number of aromatic nitrogens is 7. The molecule has 32 heavy (non-hydrogen) atoms. The van der Waals surface area contributed by atoms with E-state index in [1.54, 1.807) is 18.5 Å². The molecular weight excluding hydrogens is 416 g/mol. The van der Waals surface area contributed by atoms with Gasteiger partial charge in [0.2, 0.25) is 5.95 Å². The van der Waals surface area contributed by atoms with Gasteiger partial charge >= 0.3 is 0 Å². The summed E-state index contributed by atoms with van der Waals surface area (Å²) in [6, 6.07) is 5.53. The van der Waals surface area contributed by atoms with Crippen LogP contribution in [0.3, 0.4) is 0 Å². The van der Waals surface area contributed by atoms with Crippen molar-refractivity contribution in [2.24, 2.45) is 0 Å². The molecule has 0 aliphatic carbocycles. The van der Waals surface area contributed by atoms with Gasteiger partial charge in [-0.1, -0.05) is 6.07 Å². The molecule has 0 saturated carbocycles. The first kappa shape index (κ1) is 20.0.